The molecule has 0 bridgehead atoms. The molecule has 9 heteroatoms. The van der Waals surface area contributed by atoms with Crippen molar-refractivity contribution in [2.45, 2.75) is 32.5 Å². The Morgan fingerprint density at radius 1 is 1.17 bits per heavy atom. The van der Waals surface area contributed by atoms with Crippen LogP contribution in [-0.2, 0) is 20.8 Å². The summed E-state index contributed by atoms with van der Waals surface area (Å²) in [5, 5.41) is 2.73. The molecule has 1 heterocycles. The fourth-order valence-electron chi connectivity index (χ4n) is 4.32. The second-order valence-corrected chi connectivity index (χ2v) is 9.31. The molecule has 36 heavy (non-hydrogen) atoms. The summed E-state index contributed by atoms with van der Waals surface area (Å²) in [6.45, 7) is 5.70. The number of likely N-dealkylation sites (N-methyl/N-ethyl adjacent to an activating group) is 1. The number of hydrogen-bond acceptors (Lipinski definition) is 6. The molecule has 2 aromatic rings. The van der Waals surface area contributed by atoms with Crippen LogP contribution in [-0.4, -0.2) is 81.3 Å². The van der Waals surface area contributed by atoms with Crippen molar-refractivity contribution in [3.05, 3.63) is 59.4 Å². The third-order valence-electron chi connectivity index (χ3n) is 6.46. The van der Waals surface area contributed by atoms with Crippen LogP contribution in [0.15, 0.2) is 42.5 Å². The third kappa shape index (κ3) is 7.02. The average molecular weight is 502 g/mol. The Labute approximate surface area is 212 Å². The van der Waals surface area contributed by atoms with E-state index in [0.29, 0.717) is 42.2 Å². The van der Waals surface area contributed by atoms with Crippen LogP contribution in [0.2, 0.25) is 0 Å². The molecule has 0 saturated heterocycles. The van der Waals surface area contributed by atoms with Crippen LogP contribution in [0, 0.1) is 11.7 Å². The highest BCUT2D eigenvalue weighted by Crippen LogP contribution is 2.27. The molecule has 2 aromatic carbocycles. The standard InChI is InChI=1S/C27H36FN3O5/c1-18-13-31(14-20-8-6-7-9-23(20)28)19(2)16-36-24-11-10-21(29-26(32)17-34-4)12-22(24)27(33)30(3)15-25(18)35-5/h6-12,18-19,25H,13-17H2,1-5H3,(H,29,32)/t18-,19+,25+/m1/s1. The van der Waals surface area contributed by atoms with E-state index in [9.17, 15) is 14.0 Å². The summed E-state index contributed by atoms with van der Waals surface area (Å²) in [4.78, 5) is 29.2. The minimum atomic E-state index is -0.321. The predicted molar refractivity (Wildman–Crippen MR) is 136 cm³/mol. The molecule has 0 unspecified atom stereocenters. The van der Waals surface area contributed by atoms with Gasteiger partial charge in [-0.05, 0) is 37.1 Å². The zero-order chi connectivity index (χ0) is 26.2. The SMILES string of the molecule is COCC(=O)Nc1ccc2c(c1)C(=O)N(C)C[C@H](OC)[C@H](C)CN(Cc1ccccc1F)[C@@H](C)CO2. The summed E-state index contributed by atoms with van der Waals surface area (Å²) in [5.41, 5.74) is 1.42. The lowest BCUT2D eigenvalue weighted by Gasteiger charge is -2.36. The van der Waals surface area contributed by atoms with Gasteiger partial charge in [0.25, 0.3) is 5.91 Å². The molecule has 1 N–H and O–H groups in total. The van der Waals surface area contributed by atoms with Crippen LogP contribution in [0.4, 0.5) is 10.1 Å². The fraction of sp³-hybridized carbons (Fsp3) is 0.481. The molecule has 1 aliphatic heterocycles. The summed E-state index contributed by atoms with van der Waals surface area (Å²) in [5.74, 6) is -0.335. The lowest BCUT2D eigenvalue weighted by molar-refractivity contribution is -0.119. The van der Waals surface area contributed by atoms with Crippen molar-refractivity contribution in [2.75, 3.05) is 52.9 Å². The molecule has 0 aromatic heterocycles. The lowest BCUT2D eigenvalue weighted by Crippen LogP contribution is -2.46. The number of amides is 2. The van der Waals surface area contributed by atoms with Crippen LogP contribution in [0.1, 0.15) is 29.8 Å². The summed E-state index contributed by atoms with van der Waals surface area (Å²) in [7, 11) is 4.79. The van der Waals surface area contributed by atoms with Crippen molar-refractivity contribution in [1.29, 1.82) is 0 Å². The molecule has 0 fully saturated rings. The van der Waals surface area contributed by atoms with Crippen LogP contribution in [0.25, 0.3) is 0 Å². The zero-order valence-electron chi connectivity index (χ0n) is 21.6. The number of hydrogen-bond donors (Lipinski definition) is 1. The van der Waals surface area contributed by atoms with Gasteiger partial charge in [0.2, 0.25) is 5.91 Å². The molecule has 1 aliphatic rings. The Morgan fingerprint density at radius 3 is 2.61 bits per heavy atom. The van der Waals surface area contributed by atoms with Crippen molar-refractivity contribution in [3.63, 3.8) is 0 Å². The number of nitrogens with zero attached hydrogens (tertiary/aromatic N) is 2. The molecular formula is C27H36FN3O5. The van der Waals surface area contributed by atoms with Crippen molar-refractivity contribution in [2.24, 2.45) is 5.92 Å². The number of fused-ring (bicyclic) bond motifs is 1. The minimum absolute atomic E-state index is 0.0537. The van der Waals surface area contributed by atoms with Crippen LogP contribution in [0.3, 0.4) is 0 Å². The van der Waals surface area contributed by atoms with Gasteiger partial charge in [0, 0.05) is 58.2 Å². The van der Waals surface area contributed by atoms with Gasteiger partial charge in [-0.3, -0.25) is 14.5 Å². The maximum atomic E-state index is 14.5. The number of anilines is 1. The summed E-state index contributed by atoms with van der Waals surface area (Å²) >= 11 is 0. The largest absolute Gasteiger partial charge is 0.491 e. The van der Waals surface area contributed by atoms with E-state index < -0.39 is 0 Å². The first-order valence-corrected chi connectivity index (χ1v) is 12.0. The van der Waals surface area contributed by atoms with Gasteiger partial charge in [0.15, 0.2) is 0 Å². The normalized spacial score (nSPS) is 21.7. The maximum absolute atomic E-state index is 14.5. The predicted octanol–water partition coefficient (Wildman–Crippen LogP) is 3.42. The van der Waals surface area contributed by atoms with Crippen molar-refractivity contribution >= 4 is 17.5 Å². The Bertz CT molecular complexity index is 1050. The van der Waals surface area contributed by atoms with E-state index in [4.69, 9.17) is 14.2 Å². The average Bonchev–Trinajstić information content (AvgIpc) is 2.85. The van der Waals surface area contributed by atoms with Gasteiger partial charge in [-0.1, -0.05) is 25.1 Å². The smallest absolute Gasteiger partial charge is 0.257 e. The lowest BCUT2D eigenvalue weighted by atomic mass is 10.0. The number of rotatable bonds is 6. The highest BCUT2D eigenvalue weighted by Gasteiger charge is 2.29. The molecule has 3 atom stereocenters. The van der Waals surface area contributed by atoms with Crippen LogP contribution in [0.5, 0.6) is 5.75 Å². The van der Waals surface area contributed by atoms with E-state index in [0.717, 1.165) is 0 Å². The highest BCUT2D eigenvalue weighted by molar-refractivity contribution is 5.99. The topological polar surface area (TPSA) is 80.3 Å². The molecule has 3 rings (SSSR count). The first kappa shape index (κ1) is 27.6. The number of ether oxygens (including phenoxy) is 3. The van der Waals surface area contributed by atoms with E-state index in [1.54, 1.807) is 49.4 Å². The van der Waals surface area contributed by atoms with Crippen molar-refractivity contribution < 1.29 is 28.2 Å². The number of benzene rings is 2. The molecule has 0 spiro atoms. The maximum Gasteiger partial charge on any atom is 0.257 e. The quantitative estimate of drug-likeness (QED) is 0.654. The van der Waals surface area contributed by atoms with Crippen molar-refractivity contribution in [3.8, 4) is 5.75 Å². The summed E-state index contributed by atoms with van der Waals surface area (Å²) < 4.78 is 31.2. The first-order valence-electron chi connectivity index (χ1n) is 12.0. The highest BCUT2D eigenvalue weighted by atomic mass is 19.1. The molecule has 0 aliphatic carbocycles. The number of nitrogens with one attached hydrogen (secondary N) is 1. The Hall–Kier alpha value is -3.01. The Kier molecular flexibility index (Phi) is 9.81. The number of carbonyl (C=O) groups excluding carboxylic acids is 2. The monoisotopic (exact) mass is 501 g/mol. The van der Waals surface area contributed by atoms with Gasteiger partial charge < -0.3 is 24.4 Å². The van der Waals surface area contributed by atoms with E-state index in [-0.39, 0.29) is 48.9 Å². The fourth-order valence-corrected chi connectivity index (χ4v) is 4.32. The second-order valence-electron chi connectivity index (χ2n) is 9.31. The second kappa shape index (κ2) is 12.8. The van der Waals surface area contributed by atoms with Crippen LogP contribution < -0.4 is 10.1 Å². The summed E-state index contributed by atoms with van der Waals surface area (Å²) in [6, 6.07) is 11.7. The Morgan fingerprint density at radius 2 is 1.92 bits per heavy atom. The van der Waals surface area contributed by atoms with Gasteiger partial charge in [0.1, 0.15) is 24.8 Å². The van der Waals surface area contributed by atoms with E-state index >= 15 is 0 Å². The van der Waals surface area contributed by atoms with E-state index in [1.165, 1.54) is 13.2 Å². The Balaban J connectivity index is 1.93. The third-order valence-corrected chi connectivity index (χ3v) is 6.46. The molecule has 196 valence electrons. The van der Waals surface area contributed by atoms with Gasteiger partial charge in [-0.25, -0.2) is 4.39 Å². The van der Waals surface area contributed by atoms with Crippen LogP contribution >= 0.6 is 0 Å². The summed E-state index contributed by atoms with van der Waals surface area (Å²) in [6.07, 6.45) is -0.234. The van der Waals surface area contributed by atoms with Gasteiger partial charge in [-0.15, -0.1) is 0 Å². The molecule has 0 saturated carbocycles. The number of carbonyl (C=O) groups is 2. The van der Waals surface area contributed by atoms with E-state index in [1.807, 2.05) is 13.0 Å². The molecule has 8 nitrogen and oxygen atoms in total. The minimum Gasteiger partial charge on any atom is -0.491 e. The number of halogens is 1. The van der Waals surface area contributed by atoms with Gasteiger partial charge >= 0.3 is 0 Å². The molecule has 2 amide bonds. The van der Waals surface area contributed by atoms with E-state index in [2.05, 4.69) is 17.1 Å². The van der Waals surface area contributed by atoms with Crippen molar-refractivity contribution in [1.82, 2.24) is 9.80 Å². The number of methoxy groups -OCH3 is 2. The van der Waals surface area contributed by atoms with Gasteiger partial charge in [-0.2, -0.15) is 0 Å². The first-order chi connectivity index (χ1) is 17.2. The molecular weight excluding hydrogens is 465 g/mol. The molecule has 0 radical (unpaired) electrons. The van der Waals surface area contributed by atoms with Gasteiger partial charge in [0.05, 0.1) is 11.7 Å². The zero-order valence-corrected chi connectivity index (χ0v) is 21.6.